The number of nitrogens with two attached hydrogens (primary N) is 1. The maximum Gasteiger partial charge on any atom is 0.329 e. The lowest BCUT2D eigenvalue weighted by Gasteiger charge is -2.24. The molecule has 0 atom stereocenters. The molecule has 2 amide bonds. The first kappa shape index (κ1) is 29.8. The number of fused-ring (bicyclic) bond motifs is 1. The van der Waals surface area contributed by atoms with Crippen molar-refractivity contribution < 1.29 is 19.2 Å². The topological polar surface area (TPSA) is 146 Å². The number of nitro groups is 1. The van der Waals surface area contributed by atoms with E-state index in [1.54, 1.807) is 12.1 Å². The molecule has 0 aliphatic heterocycles. The fourth-order valence-electron chi connectivity index (χ4n) is 4.85. The van der Waals surface area contributed by atoms with Gasteiger partial charge in [0.05, 0.1) is 22.6 Å². The number of aryl methyl sites for hydroxylation is 1. The first-order valence-electron chi connectivity index (χ1n) is 13.7. The monoisotopic (exact) mass is 574 g/mol. The summed E-state index contributed by atoms with van der Waals surface area (Å²) < 4.78 is 8.40. The summed E-state index contributed by atoms with van der Waals surface area (Å²) >= 11 is 0. The van der Waals surface area contributed by atoms with E-state index in [4.69, 9.17) is 10.5 Å². The van der Waals surface area contributed by atoms with Crippen molar-refractivity contribution in [3.05, 3.63) is 93.4 Å². The van der Waals surface area contributed by atoms with E-state index in [0.717, 1.165) is 18.8 Å². The highest BCUT2D eigenvalue weighted by atomic mass is 16.6. The second-order valence-electron chi connectivity index (χ2n) is 9.60. The molecule has 0 saturated carbocycles. The van der Waals surface area contributed by atoms with Crippen LogP contribution in [0, 0.1) is 10.1 Å². The van der Waals surface area contributed by atoms with Gasteiger partial charge in [0.15, 0.2) is 0 Å². The summed E-state index contributed by atoms with van der Waals surface area (Å²) in [5.41, 5.74) is 6.90. The smallest absolute Gasteiger partial charge is 0.329 e. The lowest BCUT2D eigenvalue weighted by atomic mass is 10.2. The zero-order chi connectivity index (χ0) is 30.2. The maximum absolute atomic E-state index is 13.6. The van der Waals surface area contributed by atoms with Crippen molar-refractivity contribution in [2.24, 2.45) is 5.73 Å². The fourth-order valence-corrected chi connectivity index (χ4v) is 4.85. The number of amides is 2. The molecule has 0 radical (unpaired) electrons. The number of benzene rings is 3. The first-order chi connectivity index (χ1) is 20.2. The zero-order valence-corrected chi connectivity index (χ0v) is 23.6. The number of aromatic nitrogens is 2. The summed E-state index contributed by atoms with van der Waals surface area (Å²) in [5, 5.41) is 11.5. The minimum Gasteiger partial charge on any atom is -0.494 e. The van der Waals surface area contributed by atoms with Gasteiger partial charge in [-0.15, -0.1) is 0 Å². The number of imidazole rings is 1. The standard InChI is InChI=1S/C30H34N6O6/c1-3-32(4-2)22-11-13-23(14-12-22)34(20-28(31)37)29(38)21-35-26-16-15-24(36(40)41)19-27(26)33(30(35)39)17-8-18-42-25-9-6-5-7-10-25/h5-7,9-16,19H,3-4,8,17-18,20-21H2,1-2H3,(H2,31,37). The molecule has 4 aromatic rings. The number of non-ortho nitro benzene ring substituents is 1. The average molecular weight is 575 g/mol. The van der Waals surface area contributed by atoms with Crippen molar-refractivity contribution in [2.75, 3.05) is 36.0 Å². The Hall–Kier alpha value is -5.13. The molecule has 0 aliphatic carbocycles. The van der Waals surface area contributed by atoms with Crippen LogP contribution in [-0.2, 0) is 22.7 Å². The van der Waals surface area contributed by atoms with Crippen LogP contribution in [0.1, 0.15) is 20.3 Å². The molecule has 12 nitrogen and oxygen atoms in total. The van der Waals surface area contributed by atoms with Crippen molar-refractivity contribution in [1.29, 1.82) is 0 Å². The average Bonchev–Trinajstić information content (AvgIpc) is 3.24. The summed E-state index contributed by atoms with van der Waals surface area (Å²) in [6.45, 7) is 5.45. The Bertz CT molecular complexity index is 1610. The van der Waals surface area contributed by atoms with Gasteiger partial charge in [0.25, 0.3) is 5.69 Å². The molecule has 0 aliphatic rings. The molecule has 0 spiro atoms. The molecule has 4 rings (SSSR count). The highest BCUT2D eigenvalue weighted by molar-refractivity contribution is 5.99. The largest absolute Gasteiger partial charge is 0.494 e. The van der Waals surface area contributed by atoms with Gasteiger partial charge in [0, 0.05) is 43.1 Å². The summed E-state index contributed by atoms with van der Waals surface area (Å²) in [5.74, 6) is -0.551. The lowest BCUT2D eigenvalue weighted by molar-refractivity contribution is -0.384. The molecule has 220 valence electrons. The second kappa shape index (κ2) is 13.5. The van der Waals surface area contributed by atoms with Crippen LogP contribution < -0.4 is 26.0 Å². The molecule has 1 heterocycles. The van der Waals surface area contributed by atoms with Crippen molar-refractivity contribution >= 4 is 39.9 Å². The molecule has 0 bridgehead atoms. The third-order valence-electron chi connectivity index (χ3n) is 6.95. The molecular formula is C30H34N6O6. The van der Waals surface area contributed by atoms with E-state index in [-0.39, 0.29) is 18.8 Å². The Labute approximate surface area is 242 Å². The third-order valence-corrected chi connectivity index (χ3v) is 6.95. The molecule has 0 saturated heterocycles. The Kier molecular flexibility index (Phi) is 9.58. The normalized spacial score (nSPS) is 10.9. The Morgan fingerprint density at radius 1 is 0.929 bits per heavy atom. The number of carbonyl (C=O) groups excluding carboxylic acids is 2. The molecule has 0 fully saturated rings. The van der Waals surface area contributed by atoms with Crippen LogP contribution in [0.25, 0.3) is 11.0 Å². The van der Waals surface area contributed by atoms with E-state index in [1.165, 1.54) is 32.2 Å². The van der Waals surface area contributed by atoms with E-state index >= 15 is 0 Å². The van der Waals surface area contributed by atoms with Crippen molar-refractivity contribution in [3.63, 3.8) is 0 Å². The van der Waals surface area contributed by atoms with Gasteiger partial charge in [-0.05, 0) is 62.7 Å². The van der Waals surface area contributed by atoms with Gasteiger partial charge in [-0.25, -0.2) is 4.79 Å². The van der Waals surface area contributed by atoms with E-state index in [2.05, 4.69) is 4.90 Å². The summed E-state index contributed by atoms with van der Waals surface area (Å²) in [7, 11) is 0. The molecule has 12 heteroatoms. The SMILES string of the molecule is CCN(CC)c1ccc(N(CC(N)=O)C(=O)Cn2c(=O)n(CCCOc3ccccc3)c3cc([N+](=O)[O-])ccc32)cc1. The number of anilines is 2. The summed E-state index contributed by atoms with van der Waals surface area (Å²) in [4.78, 5) is 53.4. The van der Waals surface area contributed by atoms with Crippen LogP contribution in [0.5, 0.6) is 5.75 Å². The van der Waals surface area contributed by atoms with Gasteiger partial charge in [-0.1, -0.05) is 18.2 Å². The molecular weight excluding hydrogens is 540 g/mol. The van der Waals surface area contributed by atoms with Gasteiger partial charge < -0.3 is 20.3 Å². The zero-order valence-electron chi connectivity index (χ0n) is 23.6. The Morgan fingerprint density at radius 3 is 2.21 bits per heavy atom. The highest BCUT2D eigenvalue weighted by Crippen LogP contribution is 2.23. The van der Waals surface area contributed by atoms with Gasteiger partial charge in [-0.2, -0.15) is 0 Å². The number of carbonyl (C=O) groups is 2. The number of ether oxygens (including phenoxy) is 1. The molecule has 3 aromatic carbocycles. The number of hydrogen-bond acceptors (Lipinski definition) is 7. The minimum atomic E-state index is -0.708. The van der Waals surface area contributed by atoms with Crippen molar-refractivity contribution in [1.82, 2.24) is 9.13 Å². The van der Waals surface area contributed by atoms with Crippen LogP contribution in [0.3, 0.4) is 0 Å². The summed E-state index contributed by atoms with van der Waals surface area (Å²) in [6.07, 6.45) is 0.442. The van der Waals surface area contributed by atoms with E-state index < -0.39 is 29.0 Å². The van der Waals surface area contributed by atoms with Gasteiger partial charge in [0.2, 0.25) is 11.8 Å². The molecule has 0 unspecified atom stereocenters. The Balaban J connectivity index is 1.63. The number of hydrogen-bond donors (Lipinski definition) is 1. The van der Waals surface area contributed by atoms with Gasteiger partial charge in [0.1, 0.15) is 18.8 Å². The predicted octanol–water partition coefficient (Wildman–Crippen LogP) is 3.55. The second-order valence-corrected chi connectivity index (χ2v) is 9.60. The van der Waals surface area contributed by atoms with E-state index in [9.17, 15) is 24.5 Å². The predicted molar refractivity (Wildman–Crippen MR) is 161 cm³/mol. The van der Waals surface area contributed by atoms with Crippen molar-refractivity contribution in [2.45, 2.75) is 33.4 Å². The summed E-state index contributed by atoms with van der Waals surface area (Å²) in [6, 6.07) is 20.5. The maximum atomic E-state index is 13.6. The fraction of sp³-hybridized carbons (Fsp3) is 0.300. The van der Waals surface area contributed by atoms with Crippen LogP contribution in [0.4, 0.5) is 17.1 Å². The lowest BCUT2D eigenvalue weighted by Crippen LogP contribution is -2.41. The van der Waals surface area contributed by atoms with Crippen molar-refractivity contribution in [3.8, 4) is 5.75 Å². The number of para-hydroxylation sites is 1. The highest BCUT2D eigenvalue weighted by Gasteiger charge is 2.23. The first-order valence-corrected chi connectivity index (χ1v) is 13.7. The number of nitrogens with zero attached hydrogens (tertiary/aromatic N) is 5. The van der Waals surface area contributed by atoms with Gasteiger partial charge in [-0.3, -0.25) is 28.8 Å². The van der Waals surface area contributed by atoms with Crippen LogP contribution in [0.15, 0.2) is 77.6 Å². The van der Waals surface area contributed by atoms with Gasteiger partial charge >= 0.3 is 5.69 Å². The third kappa shape index (κ3) is 6.77. The molecule has 1 aromatic heterocycles. The van der Waals surface area contributed by atoms with Crippen LogP contribution in [-0.4, -0.2) is 52.1 Å². The van der Waals surface area contributed by atoms with E-state index in [0.29, 0.717) is 35.5 Å². The molecule has 42 heavy (non-hydrogen) atoms. The van der Waals surface area contributed by atoms with Crippen LogP contribution in [0.2, 0.25) is 0 Å². The number of primary amides is 1. The quantitative estimate of drug-likeness (QED) is 0.138. The Morgan fingerprint density at radius 2 is 1.60 bits per heavy atom. The number of rotatable bonds is 14. The van der Waals surface area contributed by atoms with E-state index in [1.807, 2.05) is 56.3 Å². The number of nitro benzene ring substituents is 1. The minimum absolute atomic E-state index is 0.177. The molecule has 2 N–H and O–H groups in total. The van der Waals surface area contributed by atoms with Crippen LogP contribution >= 0.6 is 0 Å².